The molecular weight excluding hydrogens is 200 g/mol. The Morgan fingerprint density at radius 2 is 1.94 bits per heavy atom. The number of hydrogen-bond donors (Lipinski definition) is 1. The Labute approximate surface area is 98.0 Å². The standard InChI is InChI=1S/C13H22N2O/c1-3-8-15(9-4-2)13(16)10-11-6-5-7-12(11)14/h3-4,11-12H,1-2,5-10,14H2/t11-,12+/m0/s1. The predicted molar refractivity (Wildman–Crippen MR) is 66.9 cm³/mol. The highest BCUT2D eigenvalue weighted by Crippen LogP contribution is 2.27. The van der Waals surface area contributed by atoms with Gasteiger partial charge in [-0.3, -0.25) is 4.79 Å². The predicted octanol–water partition coefficient (Wildman–Crippen LogP) is 1.70. The number of amides is 1. The zero-order chi connectivity index (χ0) is 12.0. The van der Waals surface area contributed by atoms with Gasteiger partial charge in [0.15, 0.2) is 0 Å². The monoisotopic (exact) mass is 222 g/mol. The largest absolute Gasteiger partial charge is 0.335 e. The molecule has 0 radical (unpaired) electrons. The normalized spacial score (nSPS) is 24.1. The summed E-state index contributed by atoms with van der Waals surface area (Å²) >= 11 is 0. The molecule has 90 valence electrons. The smallest absolute Gasteiger partial charge is 0.223 e. The summed E-state index contributed by atoms with van der Waals surface area (Å²) in [6.45, 7) is 8.50. The molecule has 16 heavy (non-hydrogen) atoms. The summed E-state index contributed by atoms with van der Waals surface area (Å²) < 4.78 is 0. The van der Waals surface area contributed by atoms with Crippen LogP contribution < -0.4 is 5.73 Å². The quantitative estimate of drug-likeness (QED) is 0.695. The van der Waals surface area contributed by atoms with Crippen LogP contribution in [0.25, 0.3) is 0 Å². The number of nitrogens with zero attached hydrogens (tertiary/aromatic N) is 1. The van der Waals surface area contributed by atoms with Crippen molar-refractivity contribution in [3.8, 4) is 0 Å². The molecule has 0 unspecified atom stereocenters. The van der Waals surface area contributed by atoms with Crippen molar-refractivity contribution in [3.63, 3.8) is 0 Å². The summed E-state index contributed by atoms with van der Waals surface area (Å²) in [6.07, 6.45) is 7.36. The minimum atomic E-state index is 0.169. The van der Waals surface area contributed by atoms with E-state index in [1.165, 1.54) is 0 Å². The summed E-state index contributed by atoms with van der Waals surface area (Å²) in [5, 5.41) is 0. The van der Waals surface area contributed by atoms with Gasteiger partial charge in [-0.2, -0.15) is 0 Å². The molecule has 1 rings (SSSR count). The summed E-state index contributed by atoms with van der Waals surface area (Å²) in [5.74, 6) is 0.534. The molecule has 2 N–H and O–H groups in total. The van der Waals surface area contributed by atoms with Crippen LogP contribution in [0.2, 0.25) is 0 Å². The van der Waals surface area contributed by atoms with Crippen molar-refractivity contribution in [1.82, 2.24) is 4.90 Å². The maximum absolute atomic E-state index is 12.0. The molecule has 0 aromatic rings. The van der Waals surface area contributed by atoms with Gasteiger partial charge in [-0.25, -0.2) is 0 Å². The van der Waals surface area contributed by atoms with Crippen LogP contribution in [-0.4, -0.2) is 29.9 Å². The Kier molecular flexibility index (Phi) is 5.26. The SMILES string of the molecule is C=CCN(CC=C)C(=O)C[C@@H]1CCC[C@H]1N. The van der Waals surface area contributed by atoms with Gasteiger partial charge in [0.2, 0.25) is 5.91 Å². The van der Waals surface area contributed by atoms with Crippen molar-refractivity contribution in [2.75, 3.05) is 13.1 Å². The first-order valence-corrected chi connectivity index (χ1v) is 5.94. The Morgan fingerprint density at radius 3 is 2.38 bits per heavy atom. The van der Waals surface area contributed by atoms with E-state index in [1.807, 2.05) is 0 Å². The molecular formula is C13H22N2O. The minimum absolute atomic E-state index is 0.169. The molecule has 1 aliphatic carbocycles. The van der Waals surface area contributed by atoms with E-state index in [1.54, 1.807) is 17.1 Å². The Morgan fingerprint density at radius 1 is 1.31 bits per heavy atom. The molecule has 1 aliphatic rings. The van der Waals surface area contributed by atoms with Crippen molar-refractivity contribution in [1.29, 1.82) is 0 Å². The summed E-state index contributed by atoms with van der Waals surface area (Å²) in [7, 11) is 0. The van der Waals surface area contributed by atoms with Gasteiger partial charge in [0.05, 0.1) is 0 Å². The van der Waals surface area contributed by atoms with Crippen LogP contribution in [0.3, 0.4) is 0 Å². The topological polar surface area (TPSA) is 46.3 Å². The van der Waals surface area contributed by atoms with E-state index in [-0.39, 0.29) is 11.9 Å². The van der Waals surface area contributed by atoms with Crippen LogP contribution in [0.15, 0.2) is 25.3 Å². The van der Waals surface area contributed by atoms with Gasteiger partial charge in [-0.15, -0.1) is 13.2 Å². The molecule has 2 atom stereocenters. The number of carbonyl (C=O) groups is 1. The van der Waals surface area contributed by atoms with E-state index in [0.29, 0.717) is 25.4 Å². The highest BCUT2D eigenvalue weighted by atomic mass is 16.2. The van der Waals surface area contributed by atoms with Gasteiger partial charge in [-0.1, -0.05) is 18.6 Å². The van der Waals surface area contributed by atoms with Gasteiger partial charge in [0, 0.05) is 25.6 Å². The van der Waals surface area contributed by atoms with E-state index in [4.69, 9.17) is 5.73 Å². The number of hydrogen-bond acceptors (Lipinski definition) is 2. The molecule has 1 saturated carbocycles. The molecule has 0 bridgehead atoms. The van der Waals surface area contributed by atoms with E-state index in [0.717, 1.165) is 19.3 Å². The Hall–Kier alpha value is -1.09. The number of rotatable bonds is 6. The fraction of sp³-hybridized carbons (Fsp3) is 0.615. The highest BCUT2D eigenvalue weighted by molar-refractivity contribution is 5.76. The molecule has 1 fully saturated rings. The molecule has 0 heterocycles. The number of nitrogens with two attached hydrogens (primary N) is 1. The third kappa shape index (κ3) is 3.49. The van der Waals surface area contributed by atoms with Gasteiger partial charge in [-0.05, 0) is 18.8 Å². The van der Waals surface area contributed by atoms with E-state index < -0.39 is 0 Å². The van der Waals surface area contributed by atoms with Crippen LogP contribution in [0.4, 0.5) is 0 Å². The van der Waals surface area contributed by atoms with Crippen LogP contribution in [0.5, 0.6) is 0 Å². The lowest BCUT2D eigenvalue weighted by atomic mass is 9.99. The van der Waals surface area contributed by atoms with Crippen LogP contribution >= 0.6 is 0 Å². The average Bonchev–Trinajstić information content (AvgIpc) is 2.64. The fourth-order valence-corrected chi connectivity index (χ4v) is 2.26. The zero-order valence-corrected chi connectivity index (χ0v) is 9.90. The first kappa shape index (κ1) is 13.0. The third-order valence-corrected chi connectivity index (χ3v) is 3.21. The van der Waals surface area contributed by atoms with Crippen LogP contribution in [0.1, 0.15) is 25.7 Å². The lowest BCUT2D eigenvalue weighted by molar-refractivity contribution is -0.131. The van der Waals surface area contributed by atoms with Gasteiger partial charge >= 0.3 is 0 Å². The average molecular weight is 222 g/mol. The molecule has 0 aromatic carbocycles. The summed E-state index contributed by atoms with van der Waals surface area (Å²) in [5.41, 5.74) is 5.96. The second kappa shape index (κ2) is 6.48. The molecule has 1 amide bonds. The summed E-state index contributed by atoms with van der Waals surface area (Å²) in [6, 6.07) is 0.207. The van der Waals surface area contributed by atoms with E-state index in [9.17, 15) is 4.79 Å². The first-order chi connectivity index (χ1) is 7.69. The molecule has 3 nitrogen and oxygen atoms in total. The van der Waals surface area contributed by atoms with Crippen molar-refractivity contribution in [2.24, 2.45) is 11.7 Å². The molecule has 0 saturated heterocycles. The van der Waals surface area contributed by atoms with E-state index in [2.05, 4.69) is 13.2 Å². The van der Waals surface area contributed by atoms with Crippen molar-refractivity contribution >= 4 is 5.91 Å². The second-order valence-corrected chi connectivity index (χ2v) is 4.44. The second-order valence-electron chi connectivity index (χ2n) is 4.44. The fourth-order valence-electron chi connectivity index (χ4n) is 2.26. The van der Waals surface area contributed by atoms with Gasteiger partial charge < -0.3 is 10.6 Å². The first-order valence-electron chi connectivity index (χ1n) is 5.94. The molecule has 0 spiro atoms. The van der Waals surface area contributed by atoms with Crippen molar-refractivity contribution in [3.05, 3.63) is 25.3 Å². The van der Waals surface area contributed by atoms with Gasteiger partial charge in [0.1, 0.15) is 0 Å². The maximum atomic E-state index is 12.0. The maximum Gasteiger partial charge on any atom is 0.223 e. The zero-order valence-electron chi connectivity index (χ0n) is 9.90. The van der Waals surface area contributed by atoms with Crippen LogP contribution in [0, 0.1) is 5.92 Å². The number of carbonyl (C=O) groups excluding carboxylic acids is 1. The third-order valence-electron chi connectivity index (χ3n) is 3.21. The summed E-state index contributed by atoms with van der Waals surface area (Å²) in [4.78, 5) is 13.8. The van der Waals surface area contributed by atoms with Crippen molar-refractivity contribution in [2.45, 2.75) is 31.7 Å². The van der Waals surface area contributed by atoms with Crippen LogP contribution in [-0.2, 0) is 4.79 Å². The van der Waals surface area contributed by atoms with E-state index >= 15 is 0 Å². The Bertz CT molecular complexity index is 253. The lowest BCUT2D eigenvalue weighted by Crippen LogP contribution is -2.35. The minimum Gasteiger partial charge on any atom is -0.335 e. The molecule has 3 heteroatoms. The van der Waals surface area contributed by atoms with Crippen molar-refractivity contribution < 1.29 is 4.79 Å². The van der Waals surface area contributed by atoms with Gasteiger partial charge in [0.25, 0.3) is 0 Å². The lowest BCUT2D eigenvalue weighted by Gasteiger charge is -2.22. The highest BCUT2D eigenvalue weighted by Gasteiger charge is 2.27. The Balaban J connectivity index is 2.47. The molecule has 0 aliphatic heterocycles. The molecule has 0 aromatic heterocycles.